The number of hydrogen-bond acceptors (Lipinski definition) is 3. The zero-order valence-electron chi connectivity index (χ0n) is 15.9. The molecule has 0 fully saturated rings. The molecule has 0 atom stereocenters. The van der Waals surface area contributed by atoms with Crippen LogP contribution in [-0.2, 0) is 21.2 Å². The van der Waals surface area contributed by atoms with E-state index in [1.807, 2.05) is 19.1 Å². The zero-order chi connectivity index (χ0) is 20.9. The topological polar surface area (TPSA) is 75.3 Å². The maximum atomic E-state index is 12.5. The lowest BCUT2D eigenvalue weighted by Gasteiger charge is -2.09. The number of carbonyl (C=O) groups is 1. The van der Waals surface area contributed by atoms with Gasteiger partial charge >= 0.3 is 0 Å². The van der Waals surface area contributed by atoms with Crippen LogP contribution >= 0.6 is 11.6 Å². The SMILES string of the molecule is Cc1ccc(NS(=O)(=O)c2ccc(CCC(=O)Nc3ccc(Cl)cc3)cc2)cc1. The fraction of sp³-hybridized carbons (Fsp3) is 0.136. The first kappa shape index (κ1) is 20.9. The number of aryl methyl sites for hydroxylation is 2. The molecule has 2 N–H and O–H groups in total. The van der Waals surface area contributed by atoms with Gasteiger partial charge in [-0.1, -0.05) is 41.4 Å². The second kappa shape index (κ2) is 9.11. The minimum atomic E-state index is -3.66. The van der Waals surface area contributed by atoms with Gasteiger partial charge in [0.05, 0.1) is 4.90 Å². The minimum Gasteiger partial charge on any atom is -0.326 e. The fourth-order valence-electron chi connectivity index (χ4n) is 2.69. The van der Waals surface area contributed by atoms with E-state index < -0.39 is 10.0 Å². The van der Waals surface area contributed by atoms with Gasteiger partial charge in [-0.05, 0) is 67.4 Å². The zero-order valence-corrected chi connectivity index (χ0v) is 17.4. The van der Waals surface area contributed by atoms with Gasteiger partial charge in [0.2, 0.25) is 5.91 Å². The van der Waals surface area contributed by atoms with Gasteiger partial charge in [-0.2, -0.15) is 0 Å². The predicted molar refractivity (Wildman–Crippen MR) is 117 cm³/mol. The first-order valence-corrected chi connectivity index (χ1v) is 10.9. The number of carbonyl (C=O) groups excluding carboxylic acids is 1. The summed E-state index contributed by atoms with van der Waals surface area (Å²) in [5.74, 6) is -0.120. The minimum absolute atomic E-state index is 0.120. The van der Waals surface area contributed by atoms with Crippen molar-refractivity contribution in [1.82, 2.24) is 0 Å². The van der Waals surface area contributed by atoms with Gasteiger partial charge in [0.25, 0.3) is 10.0 Å². The number of nitrogens with one attached hydrogen (secondary N) is 2. The Balaban J connectivity index is 1.57. The summed E-state index contributed by atoms with van der Waals surface area (Å²) in [6.07, 6.45) is 0.793. The Morgan fingerprint density at radius 2 is 1.45 bits per heavy atom. The number of amides is 1. The van der Waals surface area contributed by atoms with Crippen LogP contribution in [0.1, 0.15) is 17.5 Å². The van der Waals surface area contributed by atoms with Crippen LogP contribution in [0.4, 0.5) is 11.4 Å². The second-order valence-corrected chi connectivity index (χ2v) is 8.79. The van der Waals surface area contributed by atoms with E-state index in [4.69, 9.17) is 11.6 Å². The standard InChI is InChI=1S/C22H21ClN2O3S/c1-16-2-9-20(10-3-16)25-29(27,28)21-13-4-17(5-14-21)6-15-22(26)24-19-11-7-18(23)8-12-19/h2-5,7-14,25H,6,15H2,1H3,(H,24,26). The molecule has 0 saturated heterocycles. The number of benzene rings is 3. The van der Waals surface area contributed by atoms with E-state index in [1.54, 1.807) is 60.7 Å². The Labute approximate surface area is 175 Å². The van der Waals surface area contributed by atoms with E-state index in [1.165, 1.54) is 0 Å². The highest BCUT2D eigenvalue weighted by atomic mass is 35.5. The molecule has 0 unspecified atom stereocenters. The largest absolute Gasteiger partial charge is 0.326 e. The molecular weight excluding hydrogens is 408 g/mol. The van der Waals surface area contributed by atoms with Gasteiger partial charge in [0, 0.05) is 22.8 Å². The summed E-state index contributed by atoms with van der Waals surface area (Å²) in [6.45, 7) is 1.94. The van der Waals surface area contributed by atoms with Crippen molar-refractivity contribution >= 4 is 38.9 Å². The van der Waals surface area contributed by atoms with Crippen molar-refractivity contribution in [3.63, 3.8) is 0 Å². The molecule has 0 aliphatic rings. The number of hydrogen-bond donors (Lipinski definition) is 2. The van der Waals surface area contributed by atoms with Crippen molar-refractivity contribution in [2.45, 2.75) is 24.7 Å². The fourth-order valence-corrected chi connectivity index (χ4v) is 3.87. The maximum absolute atomic E-state index is 12.5. The summed E-state index contributed by atoms with van der Waals surface area (Å²) in [5, 5.41) is 3.41. The molecule has 29 heavy (non-hydrogen) atoms. The van der Waals surface area contributed by atoms with E-state index >= 15 is 0 Å². The lowest BCUT2D eigenvalue weighted by atomic mass is 10.1. The maximum Gasteiger partial charge on any atom is 0.261 e. The first-order valence-electron chi connectivity index (χ1n) is 9.06. The van der Waals surface area contributed by atoms with Gasteiger partial charge in [0.15, 0.2) is 0 Å². The molecule has 1 amide bonds. The lowest BCUT2D eigenvalue weighted by molar-refractivity contribution is -0.116. The van der Waals surface area contributed by atoms with Crippen LogP contribution in [0.15, 0.2) is 77.7 Å². The molecule has 0 aromatic heterocycles. The quantitative estimate of drug-likeness (QED) is 0.554. The van der Waals surface area contributed by atoms with Gasteiger partial charge in [-0.15, -0.1) is 0 Å². The molecule has 0 spiro atoms. The summed E-state index contributed by atoms with van der Waals surface area (Å²) in [5.41, 5.74) is 3.13. The highest BCUT2D eigenvalue weighted by molar-refractivity contribution is 7.92. The number of sulfonamides is 1. The van der Waals surface area contributed by atoms with Gasteiger partial charge in [0.1, 0.15) is 0 Å². The summed E-state index contributed by atoms with van der Waals surface area (Å²) in [6, 6.07) is 20.6. The molecule has 0 aliphatic carbocycles. The Kier molecular flexibility index (Phi) is 6.56. The molecular formula is C22H21ClN2O3S. The molecule has 3 aromatic carbocycles. The molecule has 0 bridgehead atoms. The van der Waals surface area contributed by atoms with Crippen molar-refractivity contribution < 1.29 is 13.2 Å². The van der Waals surface area contributed by atoms with Crippen molar-refractivity contribution in [3.8, 4) is 0 Å². The smallest absolute Gasteiger partial charge is 0.261 e. The van der Waals surface area contributed by atoms with Crippen LogP contribution in [0.5, 0.6) is 0 Å². The predicted octanol–water partition coefficient (Wildman–Crippen LogP) is 5.02. The molecule has 0 saturated carbocycles. The normalized spacial score (nSPS) is 11.1. The van der Waals surface area contributed by atoms with Crippen LogP contribution < -0.4 is 10.0 Å². The highest BCUT2D eigenvalue weighted by Crippen LogP contribution is 2.18. The van der Waals surface area contributed by atoms with Crippen LogP contribution in [0, 0.1) is 6.92 Å². The molecule has 150 valence electrons. The van der Waals surface area contributed by atoms with E-state index in [2.05, 4.69) is 10.0 Å². The molecule has 3 rings (SSSR count). The summed E-state index contributed by atoms with van der Waals surface area (Å²) >= 11 is 5.83. The monoisotopic (exact) mass is 428 g/mol. The van der Waals surface area contributed by atoms with Gasteiger partial charge in [-0.3, -0.25) is 9.52 Å². The van der Waals surface area contributed by atoms with Crippen molar-refractivity contribution in [2.75, 3.05) is 10.0 Å². The first-order chi connectivity index (χ1) is 13.8. The molecule has 0 radical (unpaired) electrons. The third-order valence-corrected chi connectivity index (χ3v) is 5.96. The third-order valence-electron chi connectivity index (χ3n) is 4.31. The Hall–Kier alpha value is -2.83. The van der Waals surface area contributed by atoms with Crippen LogP contribution in [-0.4, -0.2) is 14.3 Å². The Bertz CT molecular complexity index is 1080. The van der Waals surface area contributed by atoms with Gasteiger partial charge < -0.3 is 5.32 Å². The van der Waals surface area contributed by atoms with Crippen molar-refractivity contribution in [2.24, 2.45) is 0 Å². The van der Waals surface area contributed by atoms with Crippen molar-refractivity contribution in [3.05, 3.63) is 88.9 Å². The van der Waals surface area contributed by atoms with E-state index in [0.29, 0.717) is 22.8 Å². The van der Waals surface area contributed by atoms with Gasteiger partial charge in [-0.25, -0.2) is 8.42 Å². The third kappa shape index (κ3) is 6.07. The summed E-state index contributed by atoms with van der Waals surface area (Å²) in [4.78, 5) is 12.2. The highest BCUT2D eigenvalue weighted by Gasteiger charge is 2.14. The summed E-state index contributed by atoms with van der Waals surface area (Å²) in [7, 11) is -3.66. The second-order valence-electron chi connectivity index (χ2n) is 6.67. The number of halogens is 1. The molecule has 0 aliphatic heterocycles. The Morgan fingerprint density at radius 3 is 2.07 bits per heavy atom. The number of rotatable bonds is 7. The van der Waals surface area contributed by atoms with E-state index in [-0.39, 0.29) is 17.2 Å². The lowest BCUT2D eigenvalue weighted by Crippen LogP contribution is -2.13. The van der Waals surface area contributed by atoms with E-state index in [0.717, 1.165) is 11.1 Å². The average Bonchev–Trinajstić information content (AvgIpc) is 2.70. The van der Waals surface area contributed by atoms with Crippen LogP contribution in [0.2, 0.25) is 5.02 Å². The molecule has 7 heteroatoms. The Morgan fingerprint density at radius 1 is 0.862 bits per heavy atom. The number of anilines is 2. The van der Waals surface area contributed by atoms with Crippen molar-refractivity contribution in [1.29, 1.82) is 0 Å². The molecule has 0 heterocycles. The molecule has 3 aromatic rings. The summed E-state index contributed by atoms with van der Waals surface area (Å²) < 4.78 is 27.6. The van der Waals surface area contributed by atoms with E-state index in [9.17, 15) is 13.2 Å². The average molecular weight is 429 g/mol. The van der Waals surface area contributed by atoms with Crippen LogP contribution in [0.3, 0.4) is 0 Å². The van der Waals surface area contributed by atoms with Crippen LogP contribution in [0.25, 0.3) is 0 Å². The molecule has 5 nitrogen and oxygen atoms in total.